The van der Waals surface area contributed by atoms with Gasteiger partial charge < -0.3 is 0 Å². The third-order valence-electron chi connectivity index (χ3n) is 5.34. The summed E-state index contributed by atoms with van der Waals surface area (Å²) < 4.78 is 0. The Morgan fingerprint density at radius 2 is 1.42 bits per heavy atom. The van der Waals surface area contributed by atoms with Gasteiger partial charge in [0.15, 0.2) is 0 Å². The summed E-state index contributed by atoms with van der Waals surface area (Å²) in [5.74, 6) is 6.76. The van der Waals surface area contributed by atoms with Gasteiger partial charge in [-0.05, 0) is 54.8 Å². The maximum Gasteiger partial charge on any atom is -0.0326 e. The van der Waals surface area contributed by atoms with Crippen molar-refractivity contribution in [2.24, 2.45) is 35.5 Å². The van der Waals surface area contributed by atoms with Crippen LogP contribution >= 0.6 is 0 Å². The Hall–Kier alpha value is 0. The van der Waals surface area contributed by atoms with Gasteiger partial charge in [-0.25, -0.2) is 0 Å². The molecule has 6 unspecified atom stereocenters. The number of hydrogen-bond acceptors (Lipinski definition) is 0. The lowest BCUT2D eigenvalue weighted by Crippen LogP contribution is -2.29. The standard InChI is InChI=1S/C12H20/c1-7-3-4-10-8(2)9-5-6-11(9)12(7)10/h7-12H,3-6H2,1-2H3. The van der Waals surface area contributed by atoms with Crippen LogP contribution in [0.1, 0.15) is 39.5 Å². The van der Waals surface area contributed by atoms with Crippen molar-refractivity contribution in [3.05, 3.63) is 0 Å². The van der Waals surface area contributed by atoms with Gasteiger partial charge in [-0.2, -0.15) is 0 Å². The molecule has 0 N–H and O–H groups in total. The predicted molar refractivity (Wildman–Crippen MR) is 50.8 cm³/mol. The second kappa shape index (κ2) is 2.27. The van der Waals surface area contributed by atoms with Gasteiger partial charge in [0.1, 0.15) is 0 Å². The van der Waals surface area contributed by atoms with E-state index in [0.29, 0.717) is 0 Å². The van der Waals surface area contributed by atoms with E-state index >= 15 is 0 Å². The average Bonchev–Trinajstić information content (AvgIpc) is 2.38. The minimum absolute atomic E-state index is 1.06. The molecule has 0 nitrogen and oxygen atoms in total. The van der Waals surface area contributed by atoms with Crippen LogP contribution in [0.25, 0.3) is 0 Å². The van der Waals surface area contributed by atoms with Gasteiger partial charge in [0, 0.05) is 0 Å². The summed E-state index contributed by atoms with van der Waals surface area (Å²) in [7, 11) is 0. The van der Waals surface area contributed by atoms with Crippen molar-refractivity contribution >= 4 is 0 Å². The number of rotatable bonds is 0. The third-order valence-corrected chi connectivity index (χ3v) is 5.34. The quantitative estimate of drug-likeness (QED) is 0.515. The lowest BCUT2D eigenvalue weighted by Gasteiger charge is -2.37. The van der Waals surface area contributed by atoms with Crippen molar-refractivity contribution in [2.45, 2.75) is 39.5 Å². The molecule has 0 heteroatoms. The molecule has 0 aromatic rings. The van der Waals surface area contributed by atoms with Crippen LogP contribution in [-0.2, 0) is 0 Å². The van der Waals surface area contributed by atoms with Crippen molar-refractivity contribution in [3.8, 4) is 0 Å². The van der Waals surface area contributed by atoms with Crippen LogP contribution in [0.5, 0.6) is 0 Å². The highest BCUT2D eigenvalue weighted by Gasteiger charge is 2.55. The second-order valence-corrected chi connectivity index (χ2v) is 5.56. The predicted octanol–water partition coefficient (Wildman–Crippen LogP) is 3.32. The Kier molecular flexibility index (Phi) is 1.40. The minimum Gasteiger partial charge on any atom is -0.0622 e. The summed E-state index contributed by atoms with van der Waals surface area (Å²) >= 11 is 0. The molecule has 3 saturated carbocycles. The van der Waals surface area contributed by atoms with Crippen LogP contribution in [-0.4, -0.2) is 0 Å². The van der Waals surface area contributed by atoms with Gasteiger partial charge >= 0.3 is 0 Å². The summed E-state index contributed by atoms with van der Waals surface area (Å²) in [5, 5.41) is 0. The molecule has 3 aliphatic rings. The van der Waals surface area contributed by atoms with Crippen molar-refractivity contribution in [3.63, 3.8) is 0 Å². The maximum atomic E-state index is 2.53. The number of fused-ring (bicyclic) bond motifs is 3. The highest BCUT2D eigenvalue weighted by Crippen LogP contribution is 2.63. The molecule has 0 amide bonds. The van der Waals surface area contributed by atoms with Gasteiger partial charge in [-0.15, -0.1) is 0 Å². The SMILES string of the molecule is CC1CCC2C(C)C3CCC3C12. The zero-order valence-electron chi connectivity index (χ0n) is 8.29. The summed E-state index contributed by atoms with van der Waals surface area (Å²) in [6, 6.07) is 0. The fourth-order valence-corrected chi connectivity index (χ4v) is 4.61. The Balaban J connectivity index is 1.90. The highest BCUT2D eigenvalue weighted by atomic mass is 14.6. The van der Waals surface area contributed by atoms with Gasteiger partial charge in [0.2, 0.25) is 0 Å². The first-order valence-electron chi connectivity index (χ1n) is 5.79. The van der Waals surface area contributed by atoms with E-state index in [1.165, 1.54) is 12.3 Å². The molecule has 6 atom stereocenters. The molecule has 3 fully saturated rings. The van der Waals surface area contributed by atoms with Crippen LogP contribution in [0, 0.1) is 35.5 Å². The van der Waals surface area contributed by atoms with Crippen LogP contribution in [0.15, 0.2) is 0 Å². The molecule has 12 heavy (non-hydrogen) atoms. The average molecular weight is 164 g/mol. The van der Waals surface area contributed by atoms with Crippen molar-refractivity contribution in [1.82, 2.24) is 0 Å². The fraction of sp³-hybridized carbons (Fsp3) is 1.00. The Morgan fingerprint density at radius 1 is 0.750 bits per heavy atom. The van der Waals surface area contributed by atoms with Crippen molar-refractivity contribution in [2.75, 3.05) is 0 Å². The van der Waals surface area contributed by atoms with Crippen LogP contribution in [0.2, 0.25) is 0 Å². The summed E-state index contributed by atoms with van der Waals surface area (Å²) in [5.41, 5.74) is 0. The molecule has 3 aliphatic carbocycles. The molecule has 68 valence electrons. The van der Waals surface area contributed by atoms with Crippen molar-refractivity contribution in [1.29, 1.82) is 0 Å². The molecule has 0 spiro atoms. The van der Waals surface area contributed by atoms with E-state index < -0.39 is 0 Å². The Morgan fingerprint density at radius 3 is 2.08 bits per heavy atom. The summed E-state index contributed by atoms with van der Waals surface area (Å²) in [6.07, 6.45) is 6.22. The van der Waals surface area contributed by atoms with E-state index in [1.807, 2.05) is 0 Å². The van der Waals surface area contributed by atoms with Crippen LogP contribution in [0.4, 0.5) is 0 Å². The van der Waals surface area contributed by atoms with Crippen LogP contribution < -0.4 is 0 Å². The highest BCUT2D eigenvalue weighted by molar-refractivity contribution is 5.04. The maximum absolute atomic E-state index is 2.53. The molecule has 3 rings (SSSR count). The summed E-state index contributed by atoms with van der Waals surface area (Å²) in [4.78, 5) is 0. The topological polar surface area (TPSA) is 0 Å². The molecule has 0 heterocycles. The first kappa shape index (κ1) is 7.41. The zero-order valence-corrected chi connectivity index (χ0v) is 8.29. The Bertz CT molecular complexity index is 196. The molecule has 0 bridgehead atoms. The Labute approximate surface area is 75.7 Å². The summed E-state index contributed by atoms with van der Waals surface area (Å²) in [6.45, 7) is 5.03. The first-order chi connectivity index (χ1) is 5.79. The van der Waals surface area contributed by atoms with Crippen LogP contribution in [0.3, 0.4) is 0 Å². The molecule has 0 aromatic carbocycles. The number of hydrogen-bond donors (Lipinski definition) is 0. The second-order valence-electron chi connectivity index (χ2n) is 5.56. The monoisotopic (exact) mass is 164 g/mol. The fourth-order valence-electron chi connectivity index (χ4n) is 4.61. The third kappa shape index (κ3) is 0.701. The van der Waals surface area contributed by atoms with Gasteiger partial charge in [-0.3, -0.25) is 0 Å². The van der Waals surface area contributed by atoms with Gasteiger partial charge in [0.25, 0.3) is 0 Å². The van der Waals surface area contributed by atoms with E-state index in [1.54, 1.807) is 19.3 Å². The lowest BCUT2D eigenvalue weighted by atomic mass is 9.68. The smallest absolute Gasteiger partial charge is 0.0326 e. The van der Waals surface area contributed by atoms with Gasteiger partial charge in [0.05, 0.1) is 0 Å². The molecular weight excluding hydrogens is 144 g/mol. The van der Waals surface area contributed by atoms with E-state index in [4.69, 9.17) is 0 Å². The first-order valence-corrected chi connectivity index (χ1v) is 5.79. The lowest BCUT2D eigenvalue weighted by molar-refractivity contribution is 0.126. The zero-order chi connectivity index (χ0) is 8.29. The van der Waals surface area contributed by atoms with E-state index in [9.17, 15) is 0 Å². The van der Waals surface area contributed by atoms with E-state index in [0.717, 1.165) is 29.6 Å². The molecule has 0 aromatic heterocycles. The molecule has 0 radical (unpaired) electrons. The van der Waals surface area contributed by atoms with Gasteiger partial charge in [-0.1, -0.05) is 20.3 Å². The van der Waals surface area contributed by atoms with Crippen molar-refractivity contribution < 1.29 is 0 Å². The van der Waals surface area contributed by atoms with E-state index in [2.05, 4.69) is 13.8 Å². The normalized spacial score (nSPS) is 62.5. The minimum atomic E-state index is 1.06. The van der Waals surface area contributed by atoms with E-state index in [-0.39, 0.29) is 0 Å². The largest absolute Gasteiger partial charge is 0.0622 e. The molecule has 0 saturated heterocycles. The molecule has 0 aliphatic heterocycles. The molecular formula is C12H20.